The van der Waals surface area contributed by atoms with Gasteiger partial charge in [0.15, 0.2) is 0 Å². The molecule has 0 atom stereocenters. The zero-order valence-corrected chi connectivity index (χ0v) is 8.04. The number of aliphatic imine (C=N–C) groups is 1. The highest BCUT2D eigenvalue weighted by Crippen LogP contribution is 2.13. The maximum Gasteiger partial charge on any atom is 0.144 e. The standard InChI is InChI=1S/C8H11ClN4/c1-2-12-8(13-10)6-3-4-11-5-7(6)9/h3-5H,2,10H2,1H3,(H,12,13). The van der Waals surface area contributed by atoms with E-state index in [0.717, 1.165) is 5.56 Å². The lowest BCUT2D eigenvalue weighted by molar-refractivity contribution is 0.990. The summed E-state index contributed by atoms with van der Waals surface area (Å²) >= 11 is 5.89. The van der Waals surface area contributed by atoms with Crippen LogP contribution in [0.3, 0.4) is 0 Å². The molecule has 0 saturated carbocycles. The second-order valence-corrected chi connectivity index (χ2v) is 2.73. The zero-order valence-electron chi connectivity index (χ0n) is 7.29. The molecule has 0 aliphatic carbocycles. The van der Waals surface area contributed by atoms with Gasteiger partial charge in [-0.25, -0.2) is 5.84 Å². The van der Waals surface area contributed by atoms with Crippen LogP contribution in [0.1, 0.15) is 12.5 Å². The van der Waals surface area contributed by atoms with E-state index < -0.39 is 0 Å². The highest BCUT2D eigenvalue weighted by Gasteiger charge is 2.04. The van der Waals surface area contributed by atoms with E-state index in [1.54, 1.807) is 18.5 Å². The normalized spacial score (nSPS) is 11.5. The molecule has 3 N–H and O–H groups in total. The molecule has 1 aromatic rings. The minimum Gasteiger partial charge on any atom is -0.308 e. The minimum absolute atomic E-state index is 0.535. The number of nitrogens with two attached hydrogens (primary N) is 1. The molecule has 0 bridgehead atoms. The Bertz CT molecular complexity index is 311. The molecule has 1 rings (SSSR count). The van der Waals surface area contributed by atoms with Crippen LogP contribution in [0.5, 0.6) is 0 Å². The molecule has 70 valence electrons. The van der Waals surface area contributed by atoms with E-state index >= 15 is 0 Å². The van der Waals surface area contributed by atoms with Crippen LogP contribution in [0.4, 0.5) is 0 Å². The van der Waals surface area contributed by atoms with Gasteiger partial charge in [-0.3, -0.25) is 9.98 Å². The van der Waals surface area contributed by atoms with Gasteiger partial charge in [0.1, 0.15) is 5.84 Å². The van der Waals surface area contributed by atoms with Crippen LogP contribution in [0.2, 0.25) is 5.02 Å². The predicted octanol–water partition coefficient (Wildman–Crippen LogP) is 0.965. The monoisotopic (exact) mass is 198 g/mol. The van der Waals surface area contributed by atoms with Crippen LogP contribution in [0.25, 0.3) is 0 Å². The Morgan fingerprint density at radius 2 is 2.54 bits per heavy atom. The summed E-state index contributed by atoms with van der Waals surface area (Å²) in [4.78, 5) is 8.01. The number of rotatable bonds is 2. The fourth-order valence-electron chi connectivity index (χ4n) is 0.934. The van der Waals surface area contributed by atoms with E-state index in [-0.39, 0.29) is 0 Å². The highest BCUT2D eigenvalue weighted by molar-refractivity contribution is 6.33. The highest BCUT2D eigenvalue weighted by atomic mass is 35.5. The van der Waals surface area contributed by atoms with E-state index in [1.165, 1.54) is 0 Å². The molecule has 1 aromatic heterocycles. The Balaban J connectivity index is 3.05. The lowest BCUT2D eigenvalue weighted by atomic mass is 10.2. The summed E-state index contributed by atoms with van der Waals surface area (Å²) in [6.45, 7) is 2.57. The van der Waals surface area contributed by atoms with Crippen molar-refractivity contribution >= 4 is 17.4 Å². The van der Waals surface area contributed by atoms with E-state index in [0.29, 0.717) is 17.4 Å². The van der Waals surface area contributed by atoms with Gasteiger partial charge in [-0.05, 0) is 13.0 Å². The first kappa shape index (κ1) is 9.95. The molecule has 0 fully saturated rings. The van der Waals surface area contributed by atoms with Crippen molar-refractivity contribution in [2.24, 2.45) is 10.8 Å². The molecule has 0 unspecified atom stereocenters. The Morgan fingerprint density at radius 3 is 3.08 bits per heavy atom. The van der Waals surface area contributed by atoms with Crippen LogP contribution < -0.4 is 11.3 Å². The Hall–Kier alpha value is -1.13. The summed E-state index contributed by atoms with van der Waals surface area (Å²) in [5, 5.41) is 0.535. The molecule has 0 spiro atoms. The molecule has 0 saturated heterocycles. The van der Waals surface area contributed by atoms with Crippen LogP contribution in [-0.4, -0.2) is 17.4 Å². The molecule has 0 aliphatic heterocycles. The third-order valence-corrected chi connectivity index (χ3v) is 1.78. The lowest BCUT2D eigenvalue weighted by Gasteiger charge is -2.06. The van der Waals surface area contributed by atoms with E-state index in [1.807, 2.05) is 6.92 Å². The average molecular weight is 199 g/mol. The van der Waals surface area contributed by atoms with Crippen LogP contribution in [0, 0.1) is 0 Å². The summed E-state index contributed by atoms with van der Waals surface area (Å²) in [5.41, 5.74) is 3.26. The van der Waals surface area contributed by atoms with E-state index in [2.05, 4.69) is 15.4 Å². The zero-order chi connectivity index (χ0) is 9.68. The molecular formula is C8H11ClN4. The largest absolute Gasteiger partial charge is 0.308 e. The number of aromatic nitrogens is 1. The number of pyridine rings is 1. The Labute approximate surface area is 81.8 Å². The fraction of sp³-hybridized carbons (Fsp3) is 0.250. The van der Waals surface area contributed by atoms with Gasteiger partial charge in [0.05, 0.1) is 5.02 Å². The third kappa shape index (κ3) is 2.40. The second-order valence-electron chi connectivity index (χ2n) is 2.32. The third-order valence-electron chi connectivity index (χ3n) is 1.48. The summed E-state index contributed by atoms with van der Waals surface area (Å²) in [6, 6.07) is 1.76. The SMILES string of the molecule is CCN=C(NN)c1ccncc1Cl. The molecule has 0 radical (unpaired) electrons. The van der Waals surface area contributed by atoms with Crippen LogP contribution in [-0.2, 0) is 0 Å². The van der Waals surface area contributed by atoms with Gasteiger partial charge in [0.2, 0.25) is 0 Å². The maximum atomic E-state index is 5.89. The number of halogens is 1. The van der Waals surface area contributed by atoms with Crippen LogP contribution >= 0.6 is 11.6 Å². The molecule has 4 nitrogen and oxygen atoms in total. The molecule has 0 aliphatic rings. The van der Waals surface area contributed by atoms with Gasteiger partial charge in [-0.15, -0.1) is 0 Å². The summed E-state index contributed by atoms with van der Waals surface area (Å²) < 4.78 is 0. The van der Waals surface area contributed by atoms with Crippen molar-refractivity contribution in [2.45, 2.75) is 6.92 Å². The smallest absolute Gasteiger partial charge is 0.144 e. The van der Waals surface area contributed by atoms with Gasteiger partial charge in [0, 0.05) is 24.5 Å². The molecule has 5 heteroatoms. The molecular weight excluding hydrogens is 188 g/mol. The molecule has 1 heterocycles. The first-order valence-electron chi connectivity index (χ1n) is 3.90. The number of nitrogens with one attached hydrogen (secondary N) is 1. The lowest BCUT2D eigenvalue weighted by Crippen LogP contribution is -2.31. The first-order valence-corrected chi connectivity index (χ1v) is 4.28. The van der Waals surface area contributed by atoms with Crippen molar-refractivity contribution in [3.63, 3.8) is 0 Å². The average Bonchev–Trinajstić information content (AvgIpc) is 2.16. The van der Waals surface area contributed by atoms with Crippen molar-refractivity contribution in [3.05, 3.63) is 29.0 Å². The van der Waals surface area contributed by atoms with Crippen molar-refractivity contribution in [1.29, 1.82) is 0 Å². The Morgan fingerprint density at radius 1 is 1.77 bits per heavy atom. The second kappa shape index (κ2) is 4.79. The molecule has 0 amide bonds. The predicted molar refractivity (Wildman–Crippen MR) is 53.6 cm³/mol. The number of hydrazine groups is 1. The van der Waals surface area contributed by atoms with Gasteiger partial charge < -0.3 is 5.43 Å². The number of amidine groups is 1. The fourth-order valence-corrected chi connectivity index (χ4v) is 1.14. The van der Waals surface area contributed by atoms with Crippen molar-refractivity contribution in [3.8, 4) is 0 Å². The summed E-state index contributed by atoms with van der Waals surface area (Å²) in [5.74, 6) is 5.88. The number of hydrogen-bond donors (Lipinski definition) is 2. The maximum absolute atomic E-state index is 5.89. The van der Waals surface area contributed by atoms with Crippen molar-refractivity contribution < 1.29 is 0 Å². The molecule has 0 aromatic carbocycles. The Kier molecular flexibility index (Phi) is 3.67. The minimum atomic E-state index is 0.535. The summed E-state index contributed by atoms with van der Waals surface area (Å²) in [6.07, 6.45) is 3.20. The van der Waals surface area contributed by atoms with Crippen LogP contribution in [0.15, 0.2) is 23.5 Å². The summed E-state index contributed by atoms with van der Waals surface area (Å²) in [7, 11) is 0. The topological polar surface area (TPSA) is 63.3 Å². The molecule has 13 heavy (non-hydrogen) atoms. The quantitative estimate of drug-likeness (QED) is 0.322. The number of nitrogens with zero attached hydrogens (tertiary/aromatic N) is 2. The van der Waals surface area contributed by atoms with E-state index in [4.69, 9.17) is 17.4 Å². The van der Waals surface area contributed by atoms with Gasteiger partial charge in [-0.1, -0.05) is 11.6 Å². The van der Waals surface area contributed by atoms with E-state index in [9.17, 15) is 0 Å². The van der Waals surface area contributed by atoms with Crippen molar-refractivity contribution in [2.75, 3.05) is 6.54 Å². The first-order chi connectivity index (χ1) is 6.29. The van der Waals surface area contributed by atoms with Gasteiger partial charge in [0.25, 0.3) is 0 Å². The van der Waals surface area contributed by atoms with Crippen molar-refractivity contribution in [1.82, 2.24) is 10.4 Å². The number of hydrogen-bond acceptors (Lipinski definition) is 3. The van der Waals surface area contributed by atoms with Gasteiger partial charge >= 0.3 is 0 Å². The van der Waals surface area contributed by atoms with Gasteiger partial charge in [-0.2, -0.15) is 0 Å².